The summed E-state index contributed by atoms with van der Waals surface area (Å²) >= 11 is 0. The third-order valence-corrected chi connectivity index (χ3v) is 14.7. The summed E-state index contributed by atoms with van der Waals surface area (Å²) in [7, 11) is -12.4. The van der Waals surface area contributed by atoms with Gasteiger partial charge >= 0.3 is 7.60 Å². The SMILES string of the molecule is CCCCCCCCCCCCC(CCC)S(=O)(=O)NOP(=O)(Cc1ccccc1)ONS(=O)(=O)C(CCC)CCCCCCCCCCCC. The van der Waals surface area contributed by atoms with Gasteiger partial charge in [0.2, 0.25) is 20.0 Å². The maximum Gasteiger partial charge on any atom is 0.369 e. The zero-order chi connectivity index (χ0) is 37.7. The summed E-state index contributed by atoms with van der Waals surface area (Å²) in [5.74, 6) is 0. The Morgan fingerprint density at radius 1 is 0.490 bits per heavy atom. The van der Waals surface area contributed by atoms with Gasteiger partial charge in [-0.25, -0.2) is 26.1 Å². The van der Waals surface area contributed by atoms with Crippen molar-refractivity contribution in [1.82, 2.24) is 9.77 Å². The van der Waals surface area contributed by atoms with E-state index >= 15 is 0 Å². The van der Waals surface area contributed by atoms with Gasteiger partial charge in [0.25, 0.3) is 0 Å². The highest BCUT2D eigenvalue weighted by molar-refractivity contribution is 7.90. The lowest BCUT2D eigenvalue weighted by molar-refractivity contribution is 0.158. The van der Waals surface area contributed by atoms with E-state index < -0.39 is 38.1 Å². The summed E-state index contributed by atoms with van der Waals surface area (Å²) < 4.78 is 78.5. The third kappa shape index (κ3) is 23.6. The smallest absolute Gasteiger partial charge is 0.256 e. The van der Waals surface area contributed by atoms with Gasteiger partial charge in [0.15, 0.2) is 0 Å². The van der Waals surface area contributed by atoms with Gasteiger partial charge in [-0.15, -0.1) is 0 Å². The van der Waals surface area contributed by atoms with Crippen LogP contribution in [0.3, 0.4) is 0 Å². The molecule has 300 valence electrons. The first-order valence-corrected chi connectivity index (χ1v) is 25.4. The molecule has 1 rings (SSSR count). The standard InChI is InChI=1S/C39H75N2O7PS2/c1-5-9-11-13-15-17-19-21-23-28-34-38(30-7-3)50(43,44)40-47-49(42,36-37-32-26-25-27-33-37)48-41-51(45,46)39(31-8-4)35-29-24-22-20-18-16-14-12-10-6-2/h25-27,32-33,38-41H,5-24,28-31,34-36H2,1-4H3. The number of unbranched alkanes of at least 4 members (excludes halogenated alkanes) is 18. The Kier molecular flexibility index (Phi) is 27.9. The average Bonchev–Trinajstić information content (AvgIpc) is 3.11. The minimum atomic E-state index is -4.34. The van der Waals surface area contributed by atoms with Gasteiger partial charge in [0.05, 0.1) is 16.7 Å². The molecule has 0 aliphatic rings. The molecule has 1 aromatic carbocycles. The third-order valence-electron chi connectivity index (χ3n) is 9.66. The second-order valence-electron chi connectivity index (χ2n) is 14.5. The van der Waals surface area contributed by atoms with E-state index in [1.807, 2.05) is 13.8 Å². The number of rotatable bonds is 36. The first-order valence-electron chi connectivity index (χ1n) is 20.5. The van der Waals surface area contributed by atoms with Crippen LogP contribution in [0.4, 0.5) is 0 Å². The largest absolute Gasteiger partial charge is 0.369 e. The molecule has 0 aromatic heterocycles. The van der Waals surface area contributed by atoms with Gasteiger partial charge in [-0.3, -0.25) is 4.57 Å². The van der Waals surface area contributed by atoms with Crippen LogP contribution in [0.2, 0.25) is 0 Å². The molecule has 2 unspecified atom stereocenters. The fraction of sp³-hybridized carbons (Fsp3) is 0.846. The molecular weight excluding hydrogens is 704 g/mol. The highest BCUT2D eigenvalue weighted by atomic mass is 32.2. The van der Waals surface area contributed by atoms with E-state index in [4.69, 9.17) is 9.25 Å². The van der Waals surface area contributed by atoms with Crippen LogP contribution in [0.15, 0.2) is 30.3 Å². The van der Waals surface area contributed by atoms with Gasteiger partial charge in [-0.1, -0.05) is 209 Å². The van der Waals surface area contributed by atoms with Crippen LogP contribution in [0.25, 0.3) is 0 Å². The van der Waals surface area contributed by atoms with Crippen LogP contribution >= 0.6 is 7.60 Å². The predicted molar refractivity (Wildman–Crippen MR) is 214 cm³/mol. The molecular formula is C39H75N2O7PS2. The number of hydrogen-bond donors (Lipinski definition) is 2. The van der Waals surface area contributed by atoms with Crippen molar-refractivity contribution in [3.8, 4) is 0 Å². The van der Waals surface area contributed by atoms with Crippen LogP contribution < -0.4 is 9.77 Å². The molecule has 12 heteroatoms. The Labute approximate surface area is 314 Å². The Bertz CT molecular complexity index is 1160. The topological polar surface area (TPSA) is 128 Å². The maximum absolute atomic E-state index is 14.0. The summed E-state index contributed by atoms with van der Waals surface area (Å²) in [4.78, 5) is 4.21. The molecule has 0 radical (unpaired) electrons. The highest BCUT2D eigenvalue weighted by Crippen LogP contribution is 2.50. The predicted octanol–water partition coefficient (Wildman–Crippen LogP) is 12.0. The first-order chi connectivity index (χ1) is 24.5. The molecule has 0 aliphatic heterocycles. The summed E-state index contributed by atoms with van der Waals surface area (Å²) in [6, 6.07) is 8.72. The van der Waals surface area contributed by atoms with Crippen LogP contribution in [0.1, 0.15) is 200 Å². The van der Waals surface area contributed by atoms with Gasteiger partial charge in [0.1, 0.15) is 0 Å². The van der Waals surface area contributed by atoms with Crippen molar-refractivity contribution in [2.24, 2.45) is 0 Å². The molecule has 2 atom stereocenters. The second kappa shape index (κ2) is 29.5. The zero-order valence-electron chi connectivity index (χ0n) is 32.8. The molecule has 0 saturated carbocycles. The Morgan fingerprint density at radius 2 is 0.824 bits per heavy atom. The molecule has 0 saturated heterocycles. The van der Waals surface area contributed by atoms with Gasteiger partial charge in [-0.2, -0.15) is 0 Å². The molecule has 51 heavy (non-hydrogen) atoms. The fourth-order valence-electron chi connectivity index (χ4n) is 6.52. The summed E-state index contributed by atoms with van der Waals surface area (Å²) in [5, 5.41) is -1.43. The lowest BCUT2D eigenvalue weighted by Crippen LogP contribution is -2.36. The van der Waals surface area contributed by atoms with E-state index in [1.165, 1.54) is 77.0 Å². The number of nitrogens with one attached hydrogen (secondary N) is 2. The van der Waals surface area contributed by atoms with Gasteiger partial charge < -0.3 is 0 Å². The van der Waals surface area contributed by atoms with Gasteiger partial charge in [0, 0.05) is 0 Å². The van der Waals surface area contributed by atoms with Crippen molar-refractivity contribution in [3.63, 3.8) is 0 Å². The van der Waals surface area contributed by atoms with Crippen molar-refractivity contribution < 1.29 is 30.6 Å². The first kappa shape index (κ1) is 48.2. The normalized spacial score (nSPS) is 14.7. The molecule has 1 aromatic rings. The number of hydrogen-bond acceptors (Lipinski definition) is 7. The molecule has 0 amide bonds. The van der Waals surface area contributed by atoms with E-state index in [0.717, 1.165) is 51.4 Å². The van der Waals surface area contributed by atoms with Crippen molar-refractivity contribution in [2.45, 2.75) is 211 Å². The Morgan fingerprint density at radius 3 is 1.16 bits per heavy atom. The molecule has 0 heterocycles. The molecule has 0 aliphatic carbocycles. The van der Waals surface area contributed by atoms with Crippen molar-refractivity contribution in [3.05, 3.63) is 35.9 Å². The molecule has 2 N–H and O–H groups in total. The second-order valence-corrected chi connectivity index (χ2v) is 20.2. The maximum atomic E-state index is 14.0. The Balaban J connectivity index is 2.77. The summed E-state index contributed by atoms with van der Waals surface area (Å²) in [6.45, 7) is 8.31. The van der Waals surface area contributed by atoms with Crippen LogP contribution in [-0.4, -0.2) is 27.3 Å². The number of benzene rings is 1. The van der Waals surface area contributed by atoms with E-state index in [1.54, 1.807) is 30.3 Å². The molecule has 9 nitrogen and oxygen atoms in total. The van der Waals surface area contributed by atoms with E-state index in [-0.39, 0.29) is 6.16 Å². The lowest BCUT2D eigenvalue weighted by atomic mass is 10.0. The molecule has 0 spiro atoms. The van der Waals surface area contributed by atoms with Crippen LogP contribution in [0, 0.1) is 0 Å². The van der Waals surface area contributed by atoms with Crippen molar-refractivity contribution >= 4 is 27.6 Å². The van der Waals surface area contributed by atoms with Crippen molar-refractivity contribution in [1.29, 1.82) is 0 Å². The minimum absolute atomic E-state index is 0.313. The average molecular weight is 779 g/mol. The fourth-order valence-corrected chi connectivity index (χ4v) is 11.4. The minimum Gasteiger partial charge on any atom is -0.256 e. The lowest BCUT2D eigenvalue weighted by Gasteiger charge is -2.23. The van der Waals surface area contributed by atoms with E-state index in [0.29, 0.717) is 44.1 Å². The van der Waals surface area contributed by atoms with Crippen LogP contribution in [-0.2, 0) is 40.0 Å². The monoisotopic (exact) mass is 778 g/mol. The van der Waals surface area contributed by atoms with E-state index in [2.05, 4.69) is 23.6 Å². The van der Waals surface area contributed by atoms with Crippen molar-refractivity contribution in [2.75, 3.05) is 0 Å². The van der Waals surface area contributed by atoms with Gasteiger partial charge in [-0.05, 0) is 31.2 Å². The molecule has 0 fully saturated rings. The zero-order valence-corrected chi connectivity index (χ0v) is 35.3. The van der Waals surface area contributed by atoms with Crippen LogP contribution in [0.5, 0.6) is 0 Å². The summed E-state index contributed by atoms with van der Waals surface area (Å²) in [5.41, 5.74) is 0.560. The van der Waals surface area contributed by atoms with E-state index in [9.17, 15) is 21.4 Å². The highest BCUT2D eigenvalue weighted by Gasteiger charge is 2.35. The quantitative estimate of drug-likeness (QED) is 0.0394. The number of sulfonamides is 2. The molecule has 0 bridgehead atoms. The summed E-state index contributed by atoms with van der Waals surface area (Å²) in [6.07, 6.45) is 26.0. The Hall–Kier alpha value is -0.810.